The van der Waals surface area contributed by atoms with E-state index in [1.54, 1.807) is 28.9 Å². The van der Waals surface area contributed by atoms with Gasteiger partial charge < -0.3 is 19.6 Å². The lowest BCUT2D eigenvalue weighted by atomic mass is 9.96. The molecule has 0 aliphatic carbocycles. The molecule has 6 heteroatoms. The monoisotopic (exact) mass is 402 g/mol. The third kappa shape index (κ3) is 3.14. The molecule has 6 nitrogen and oxygen atoms in total. The number of carbonyl (C=O) groups excluding carboxylic acids is 2. The number of likely N-dealkylation sites (tertiary alicyclic amines) is 1. The van der Waals surface area contributed by atoms with Crippen LogP contribution in [0, 0.1) is 5.92 Å². The van der Waals surface area contributed by atoms with Crippen molar-refractivity contribution in [2.24, 2.45) is 5.92 Å². The Morgan fingerprint density at radius 3 is 2.73 bits per heavy atom. The first-order chi connectivity index (χ1) is 14.5. The highest BCUT2D eigenvalue weighted by Crippen LogP contribution is 2.39. The molecule has 3 aromatic carbocycles. The van der Waals surface area contributed by atoms with Gasteiger partial charge >= 0.3 is 0 Å². The van der Waals surface area contributed by atoms with E-state index in [1.807, 2.05) is 42.5 Å². The minimum absolute atomic E-state index is 0.000380. The number of phenols is 1. The molecule has 0 radical (unpaired) electrons. The number of hydrogen-bond acceptors (Lipinski definition) is 4. The Balaban J connectivity index is 1.47. The van der Waals surface area contributed by atoms with E-state index >= 15 is 0 Å². The van der Waals surface area contributed by atoms with Gasteiger partial charge in [0.2, 0.25) is 5.91 Å². The second kappa shape index (κ2) is 7.06. The zero-order valence-electron chi connectivity index (χ0n) is 16.7. The van der Waals surface area contributed by atoms with Crippen LogP contribution in [0.1, 0.15) is 6.92 Å². The predicted molar refractivity (Wildman–Crippen MR) is 115 cm³/mol. The van der Waals surface area contributed by atoms with Crippen molar-refractivity contribution in [2.75, 3.05) is 31.1 Å². The van der Waals surface area contributed by atoms with Gasteiger partial charge in [0.15, 0.2) is 6.61 Å². The number of hydrogen-bond donors (Lipinski definition) is 1. The van der Waals surface area contributed by atoms with Crippen molar-refractivity contribution in [1.29, 1.82) is 0 Å². The first-order valence-electron chi connectivity index (χ1n) is 10.0. The lowest BCUT2D eigenvalue weighted by Gasteiger charge is -2.42. The van der Waals surface area contributed by atoms with Gasteiger partial charge in [-0.2, -0.15) is 0 Å². The molecule has 1 N–H and O–H groups in total. The fraction of sp³-hybridized carbons (Fsp3) is 0.250. The molecule has 2 aliphatic rings. The van der Waals surface area contributed by atoms with Crippen LogP contribution in [0.4, 0.5) is 5.69 Å². The average Bonchev–Trinajstić information content (AvgIpc) is 2.70. The van der Waals surface area contributed by atoms with E-state index in [9.17, 15) is 14.7 Å². The van der Waals surface area contributed by atoms with E-state index < -0.39 is 0 Å². The van der Waals surface area contributed by atoms with Crippen molar-refractivity contribution in [2.45, 2.75) is 6.92 Å². The number of amides is 2. The number of aromatic hydroxyl groups is 1. The summed E-state index contributed by atoms with van der Waals surface area (Å²) in [6, 6.07) is 17.2. The lowest BCUT2D eigenvalue weighted by Crippen LogP contribution is -2.55. The van der Waals surface area contributed by atoms with E-state index in [1.165, 1.54) is 0 Å². The lowest BCUT2D eigenvalue weighted by molar-refractivity contribution is -0.134. The van der Waals surface area contributed by atoms with Gasteiger partial charge in [0.05, 0.1) is 5.69 Å². The highest BCUT2D eigenvalue weighted by molar-refractivity contribution is 6.01. The Morgan fingerprint density at radius 2 is 1.93 bits per heavy atom. The van der Waals surface area contributed by atoms with Crippen LogP contribution in [0.2, 0.25) is 0 Å². The summed E-state index contributed by atoms with van der Waals surface area (Å²) in [5, 5.41) is 12.2. The standard InChI is InChI=1S/C24H22N2O4/c1-15(27)25-11-16(12-25)13-26-22-7-6-18(9-23(22)30-14-24(26)29)21-10-19(28)8-17-4-2-3-5-20(17)21/h2-10,16,28H,11-14H2,1H3. The first-order valence-corrected chi connectivity index (χ1v) is 10.0. The maximum atomic E-state index is 12.5. The van der Waals surface area contributed by atoms with Gasteiger partial charge in [-0.25, -0.2) is 0 Å². The van der Waals surface area contributed by atoms with E-state index in [-0.39, 0.29) is 30.1 Å². The molecule has 2 amide bonds. The van der Waals surface area contributed by atoms with Crippen LogP contribution in [0.25, 0.3) is 21.9 Å². The summed E-state index contributed by atoms with van der Waals surface area (Å²) >= 11 is 0. The summed E-state index contributed by atoms with van der Waals surface area (Å²) in [5.74, 6) is 1.14. The topological polar surface area (TPSA) is 70.1 Å². The van der Waals surface area contributed by atoms with Gasteiger partial charge in [-0.15, -0.1) is 0 Å². The zero-order chi connectivity index (χ0) is 20.8. The molecule has 5 rings (SSSR count). The molecule has 1 fully saturated rings. The largest absolute Gasteiger partial charge is 0.508 e. The van der Waals surface area contributed by atoms with Gasteiger partial charge in [0.1, 0.15) is 11.5 Å². The van der Waals surface area contributed by atoms with E-state index in [0.29, 0.717) is 25.4 Å². The van der Waals surface area contributed by atoms with Crippen LogP contribution in [0.15, 0.2) is 54.6 Å². The Morgan fingerprint density at radius 1 is 1.13 bits per heavy atom. The number of fused-ring (bicyclic) bond motifs is 2. The summed E-state index contributed by atoms with van der Waals surface area (Å²) in [4.78, 5) is 27.5. The molecule has 1 saturated heterocycles. The summed E-state index contributed by atoms with van der Waals surface area (Å²) < 4.78 is 5.74. The number of benzene rings is 3. The smallest absolute Gasteiger partial charge is 0.265 e. The third-order valence-corrected chi connectivity index (χ3v) is 5.90. The Hall–Kier alpha value is -3.54. The number of nitrogens with zero attached hydrogens (tertiary/aromatic N) is 2. The number of phenolic OH excluding ortho intramolecular Hbond substituents is 1. The van der Waals surface area contributed by atoms with Crippen molar-refractivity contribution in [1.82, 2.24) is 4.90 Å². The highest BCUT2D eigenvalue weighted by atomic mass is 16.5. The van der Waals surface area contributed by atoms with Crippen LogP contribution in [-0.4, -0.2) is 48.1 Å². The Bertz CT molecular complexity index is 1170. The fourth-order valence-corrected chi connectivity index (χ4v) is 4.31. The van der Waals surface area contributed by atoms with Crippen LogP contribution in [0.3, 0.4) is 0 Å². The summed E-state index contributed by atoms with van der Waals surface area (Å²) in [6.45, 7) is 3.51. The van der Waals surface area contributed by atoms with Gasteiger partial charge in [0.25, 0.3) is 5.91 Å². The minimum Gasteiger partial charge on any atom is -0.508 e. The van der Waals surface area contributed by atoms with Crippen LogP contribution in [0.5, 0.6) is 11.5 Å². The maximum absolute atomic E-state index is 12.5. The van der Waals surface area contributed by atoms with Crippen LogP contribution >= 0.6 is 0 Å². The molecule has 2 heterocycles. The van der Waals surface area contributed by atoms with Gasteiger partial charge in [0, 0.05) is 32.5 Å². The molecule has 30 heavy (non-hydrogen) atoms. The average molecular weight is 402 g/mol. The molecule has 0 unspecified atom stereocenters. The molecule has 0 aromatic heterocycles. The molecule has 2 aliphatic heterocycles. The molecule has 0 bridgehead atoms. The van der Waals surface area contributed by atoms with Crippen molar-refractivity contribution in [3.63, 3.8) is 0 Å². The SMILES string of the molecule is CC(=O)N1CC(CN2C(=O)COc3cc(-c4cc(O)cc5ccccc45)ccc32)C1. The molecule has 3 aromatic rings. The molecular formula is C24H22N2O4. The third-order valence-electron chi connectivity index (χ3n) is 5.90. The van der Waals surface area contributed by atoms with Crippen molar-refractivity contribution < 1.29 is 19.4 Å². The number of anilines is 1. The molecular weight excluding hydrogens is 380 g/mol. The van der Waals surface area contributed by atoms with Crippen molar-refractivity contribution in [3.8, 4) is 22.6 Å². The molecule has 0 spiro atoms. The predicted octanol–water partition coefficient (Wildman–Crippen LogP) is 3.42. The number of ether oxygens (including phenoxy) is 1. The van der Waals surface area contributed by atoms with E-state index in [4.69, 9.17) is 4.74 Å². The van der Waals surface area contributed by atoms with Crippen LogP contribution in [-0.2, 0) is 9.59 Å². The first kappa shape index (κ1) is 18.5. The quantitative estimate of drug-likeness (QED) is 0.729. The normalized spacial score (nSPS) is 16.2. The van der Waals surface area contributed by atoms with Gasteiger partial charge in [-0.3, -0.25) is 9.59 Å². The molecule has 0 atom stereocenters. The van der Waals surface area contributed by atoms with E-state index in [0.717, 1.165) is 27.6 Å². The van der Waals surface area contributed by atoms with Crippen molar-refractivity contribution >= 4 is 28.3 Å². The van der Waals surface area contributed by atoms with Crippen molar-refractivity contribution in [3.05, 3.63) is 54.6 Å². The van der Waals surface area contributed by atoms with Gasteiger partial charge in [-0.1, -0.05) is 30.3 Å². The number of carbonyl (C=O) groups is 2. The van der Waals surface area contributed by atoms with E-state index in [2.05, 4.69) is 0 Å². The summed E-state index contributed by atoms with van der Waals surface area (Å²) in [5.41, 5.74) is 2.58. The highest BCUT2D eigenvalue weighted by Gasteiger charge is 2.34. The Labute approximate surface area is 174 Å². The van der Waals surface area contributed by atoms with Gasteiger partial charge in [-0.05, 0) is 46.2 Å². The maximum Gasteiger partial charge on any atom is 0.265 e. The van der Waals surface area contributed by atoms with Crippen LogP contribution < -0.4 is 9.64 Å². The minimum atomic E-state index is -0.0701. The fourth-order valence-electron chi connectivity index (χ4n) is 4.31. The number of rotatable bonds is 3. The zero-order valence-corrected chi connectivity index (χ0v) is 16.7. The summed E-state index contributed by atoms with van der Waals surface area (Å²) in [6.07, 6.45) is 0. The molecule has 0 saturated carbocycles. The Kier molecular flexibility index (Phi) is 4.35. The second-order valence-corrected chi connectivity index (χ2v) is 7.98. The summed E-state index contributed by atoms with van der Waals surface area (Å²) in [7, 11) is 0. The molecule has 152 valence electrons. The second-order valence-electron chi connectivity index (χ2n) is 7.98.